The third-order valence-corrected chi connectivity index (χ3v) is 4.38. The Balaban J connectivity index is 1.66. The fourth-order valence-electron chi connectivity index (χ4n) is 2.95. The number of rotatable bonds is 4. The van der Waals surface area contributed by atoms with Crippen LogP contribution in [0.1, 0.15) is 5.56 Å². The van der Waals surface area contributed by atoms with Crippen molar-refractivity contribution in [1.29, 1.82) is 0 Å². The van der Waals surface area contributed by atoms with Crippen LogP contribution < -0.4 is 4.90 Å². The fourth-order valence-corrected chi connectivity index (χ4v) is 3.16. The molecule has 24 heavy (non-hydrogen) atoms. The predicted octanol–water partition coefficient (Wildman–Crippen LogP) is 3.71. The highest BCUT2D eigenvalue weighted by Crippen LogP contribution is 2.29. The molecule has 0 amide bonds. The molecule has 7 heteroatoms. The topological polar surface area (TPSA) is 49.6 Å². The first-order valence-electron chi connectivity index (χ1n) is 7.68. The van der Waals surface area contributed by atoms with Crippen LogP contribution in [0.25, 0.3) is 0 Å². The van der Waals surface area contributed by atoms with Gasteiger partial charge in [0.05, 0.1) is 11.0 Å². The van der Waals surface area contributed by atoms with Gasteiger partial charge in [-0.2, -0.15) is 0 Å². The van der Waals surface area contributed by atoms with Crippen LogP contribution in [0.2, 0.25) is 5.02 Å². The Bertz CT molecular complexity index is 748. The third-order valence-electron chi connectivity index (χ3n) is 4.14. The largest absolute Gasteiger partial charge is 0.363 e. The summed E-state index contributed by atoms with van der Waals surface area (Å²) in [5.41, 5.74) is 1.44. The van der Waals surface area contributed by atoms with Gasteiger partial charge in [-0.3, -0.25) is 15.0 Å². The normalized spacial score (nSPS) is 15.5. The molecule has 1 aliphatic heterocycles. The Labute approximate surface area is 144 Å². The molecule has 1 fully saturated rings. The van der Waals surface area contributed by atoms with Gasteiger partial charge in [-0.25, -0.2) is 4.39 Å². The molecule has 1 heterocycles. The molecule has 0 N–H and O–H groups in total. The summed E-state index contributed by atoms with van der Waals surface area (Å²) in [7, 11) is 0. The van der Waals surface area contributed by atoms with Crippen molar-refractivity contribution in [2.24, 2.45) is 0 Å². The first-order chi connectivity index (χ1) is 11.5. The molecule has 1 saturated heterocycles. The first-order valence-corrected chi connectivity index (χ1v) is 8.06. The standard InChI is InChI=1S/C17H17ClFN3O2/c18-14-3-1-2-13(10-14)12-20-6-8-21(9-7-20)16-5-4-15(19)11-17(16)22(23)24/h1-5,10-11H,6-9,12H2. The second-order valence-electron chi connectivity index (χ2n) is 5.78. The van der Waals surface area contributed by atoms with Crippen LogP contribution in [0, 0.1) is 15.9 Å². The lowest BCUT2D eigenvalue weighted by Crippen LogP contribution is -2.46. The summed E-state index contributed by atoms with van der Waals surface area (Å²) in [6.07, 6.45) is 0. The first kappa shape index (κ1) is 16.7. The Hall–Kier alpha value is -2.18. The molecule has 0 radical (unpaired) electrons. The van der Waals surface area contributed by atoms with Crippen molar-refractivity contribution in [2.75, 3.05) is 31.1 Å². The number of benzene rings is 2. The van der Waals surface area contributed by atoms with E-state index in [1.165, 1.54) is 12.1 Å². The van der Waals surface area contributed by atoms with E-state index >= 15 is 0 Å². The second kappa shape index (κ2) is 7.15. The number of halogens is 2. The Morgan fingerprint density at radius 2 is 1.88 bits per heavy atom. The molecular formula is C17H17ClFN3O2. The fraction of sp³-hybridized carbons (Fsp3) is 0.294. The molecule has 2 aromatic carbocycles. The average molecular weight is 350 g/mol. The zero-order chi connectivity index (χ0) is 17.1. The van der Waals surface area contributed by atoms with Crippen LogP contribution in [0.4, 0.5) is 15.8 Å². The van der Waals surface area contributed by atoms with Gasteiger partial charge in [0.2, 0.25) is 0 Å². The van der Waals surface area contributed by atoms with Gasteiger partial charge < -0.3 is 4.90 Å². The van der Waals surface area contributed by atoms with Crippen LogP contribution in [0.3, 0.4) is 0 Å². The summed E-state index contributed by atoms with van der Waals surface area (Å²) >= 11 is 6.00. The van der Waals surface area contributed by atoms with E-state index in [0.717, 1.165) is 31.3 Å². The van der Waals surface area contributed by atoms with Gasteiger partial charge in [-0.05, 0) is 29.8 Å². The minimum absolute atomic E-state index is 0.182. The van der Waals surface area contributed by atoms with Crippen LogP contribution >= 0.6 is 11.6 Å². The van der Waals surface area contributed by atoms with Crippen molar-refractivity contribution >= 4 is 23.0 Å². The maximum Gasteiger partial charge on any atom is 0.295 e. The van der Waals surface area contributed by atoms with E-state index in [1.807, 2.05) is 29.2 Å². The minimum Gasteiger partial charge on any atom is -0.363 e. The lowest BCUT2D eigenvalue weighted by Gasteiger charge is -2.35. The summed E-state index contributed by atoms with van der Waals surface area (Å²) in [6.45, 7) is 3.67. The lowest BCUT2D eigenvalue weighted by atomic mass is 10.1. The molecular weight excluding hydrogens is 333 g/mol. The van der Waals surface area contributed by atoms with Gasteiger partial charge >= 0.3 is 0 Å². The molecule has 2 aromatic rings. The van der Waals surface area contributed by atoms with Gasteiger partial charge in [0.25, 0.3) is 5.69 Å². The van der Waals surface area contributed by atoms with Crippen LogP contribution in [-0.2, 0) is 6.54 Å². The predicted molar refractivity (Wildman–Crippen MR) is 92.0 cm³/mol. The molecule has 3 rings (SSSR count). The van der Waals surface area contributed by atoms with Crippen LogP contribution in [0.15, 0.2) is 42.5 Å². The number of nitro benzene ring substituents is 1. The number of nitrogens with zero attached hydrogens (tertiary/aromatic N) is 3. The highest BCUT2D eigenvalue weighted by atomic mass is 35.5. The van der Waals surface area contributed by atoms with Crippen LogP contribution in [0.5, 0.6) is 0 Å². The summed E-state index contributed by atoms with van der Waals surface area (Å²) in [5, 5.41) is 11.9. The van der Waals surface area contributed by atoms with E-state index < -0.39 is 10.7 Å². The van der Waals surface area contributed by atoms with Crippen LogP contribution in [-0.4, -0.2) is 36.0 Å². The monoisotopic (exact) mass is 349 g/mol. The molecule has 126 valence electrons. The SMILES string of the molecule is O=[N+]([O-])c1cc(F)ccc1N1CCN(Cc2cccc(Cl)c2)CC1. The lowest BCUT2D eigenvalue weighted by molar-refractivity contribution is -0.384. The molecule has 0 unspecified atom stereocenters. The van der Waals surface area contributed by atoms with E-state index in [2.05, 4.69) is 4.90 Å². The van der Waals surface area contributed by atoms with E-state index in [-0.39, 0.29) is 5.69 Å². The van der Waals surface area contributed by atoms with Crippen molar-refractivity contribution in [3.63, 3.8) is 0 Å². The number of anilines is 1. The quantitative estimate of drug-likeness (QED) is 0.623. The van der Waals surface area contributed by atoms with Crippen molar-refractivity contribution in [1.82, 2.24) is 4.90 Å². The van der Waals surface area contributed by atoms with Crippen molar-refractivity contribution in [3.05, 3.63) is 69.0 Å². The molecule has 0 bridgehead atoms. The number of piperazine rings is 1. The second-order valence-corrected chi connectivity index (χ2v) is 6.22. The highest BCUT2D eigenvalue weighted by Gasteiger charge is 2.24. The van der Waals surface area contributed by atoms with Gasteiger partial charge in [0.15, 0.2) is 0 Å². The molecule has 5 nitrogen and oxygen atoms in total. The summed E-state index contributed by atoms with van der Waals surface area (Å²) in [5.74, 6) is -0.593. The van der Waals surface area contributed by atoms with E-state index in [9.17, 15) is 14.5 Å². The zero-order valence-corrected chi connectivity index (χ0v) is 13.7. The van der Waals surface area contributed by atoms with E-state index in [4.69, 9.17) is 11.6 Å². The van der Waals surface area contributed by atoms with E-state index in [0.29, 0.717) is 23.8 Å². The Kier molecular flexibility index (Phi) is 4.97. The van der Waals surface area contributed by atoms with Crippen molar-refractivity contribution in [3.8, 4) is 0 Å². The molecule has 1 aliphatic rings. The maximum atomic E-state index is 13.3. The molecule has 0 aromatic heterocycles. The molecule has 0 spiro atoms. The maximum absolute atomic E-state index is 13.3. The average Bonchev–Trinajstić information content (AvgIpc) is 2.56. The Morgan fingerprint density at radius 3 is 2.54 bits per heavy atom. The molecule has 0 atom stereocenters. The highest BCUT2D eigenvalue weighted by molar-refractivity contribution is 6.30. The molecule has 0 saturated carbocycles. The smallest absolute Gasteiger partial charge is 0.295 e. The number of hydrogen-bond acceptors (Lipinski definition) is 4. The summed E-state index contributed by atoms with van der Waals surface area (Å²) in [6, 6.07) is 11.5. The van der Waals surface area contributed by atoms with Gasteiger partial charge in [-0.1, -0.05) is 23.7 Å². The number of nitro groups is 1. The summed E-state index contributed by atoms with van der Waals surface area (Å²) in [4.78, 5) is 14.8. The van der Waals surface area contributed by atoms with Gasteiger partial charge in [0.1, 0.15) is 11.5 Å². The third kappa shape index (κ3) is 3.83. The Morgan fingerprint density at radius 1 is 1.12 bits per heavy atom. The van der Waals surface area contributed by atoms with Gasteiger partial charge in [-0.15, -0.1) is 0 Å². The zero-order valence-electron chi connectivity index (χ0n) is 13.0. The summed E-state index contributed by atoms with van der Waals surface area (Å²) < 4.78 is 13.3. The van der Waals surface area contributed by atoms with Crippen molar-refractivity contribution in [2.45, 2.75) is 6.54 Å². The van der Waals surface area contributed by atoms with Gasteiger partial charge in [0, 0.05) is 37.7 Å². The van der Waals surface area contributed by atoms with Crippen molar-refractivity contribution < 1.29 is 9.31 Å². The number of hydrogen-bond donors (Lipinski definition) is 0. The van der Waals surface area contributed by atoms with E-state index in [1.54, 1.807) is 0 Å². The minimum atomic E-state index is -0.593. The molecule has 0 aliphatic carbocycles.